The molecule has 0 aromatic carbocycles. The van der Waals surface area contributed by atoms with Crippen molar-refractivity contribution in [1.82, 2.24) is 5.32 Å². The standard InChI is InChI=1S/C11H21NO/c1-11(8-13-9-11)6-7-12-10-4-2-3-5-10/h10,12H,2-9H2,1H3. The average molecular weight is 183 g/mol. The minimum atomic E-state index is 0.492. The Kier molecular flexibility index (Phi) is 2.89. The molecule has 0 unspecified atom stereocenters. The van der Waals surface area contributed by atoms with Gasteiger partial charge in [-0.15, -0.1) is 0 Å². The van der Waals surface area contributed by atoms with E-state index < -0.39 is 0 Å². The lowest BCUT2D eigenvalue weighted by molar-refractivity contribution is -0.105. The topological polar surface area (TPSA) is 21.3 Å². The molecule has 2 fully saturated rings. The van der Waals surface area contributed by atoms with E-state index in [1.54, 1.807) is 0 Å². The fourth-order valence-electron chi connectivity index (χ4n) is 2.30. The SMILES string of the molecule is CC1(CCNC2CCCC2)COC1. The van der Waals surface area contributed by atoms with Crippen LogP contribution in [0.1, 0.15) is 39.0 Å². The molecule has 2 nitrogen and oxygen atoms in total. The Morgan fingerprint density at radius 3 is 2.54 bits per heavy atom. The molecule has 76 valence electrons. The van der Waals surface area contributed by atoms with Crippen LogP contribution in [0.2, 0.25) is 0 Å². The molecule has 1 aliphatic carbocycles. The van der Waals surface area contributed by atoms with Gasteiger partial charge in [-0.25, -0.2) is 0 Å². The van der Waals surface area contributed by atoms with Crippen LogP contribution in [-0.2, 0) is 4.74 Å². The van der Waals surface area contributed by atoms with Crippen LogP contribution in [0.4, 0.5) is 0 Å². The predicted molar refractivity (Wildman–Crippen MR) is 53.8 cm³/mol. The van der Waals surface area contributed by atoms with E-state index in [9.17, 15) is 0 Å². The normalized spacial score (nSPS) is 27.5. The Labute approximate surface area is 81.0 Å². The summed E-state index contributed by atoms with van der Waals surface area (Å²) in [6, 6.07) is 0.824. The third-order valence-electron chi connectivity index (χ3n) is 3.42. The van der Waals surface area contributed by atoms with Crippen molar-refractivity contribution in [3.8, 4) is 0 Å². The number of hydrogen-bond donors (Lipinski definition) is 1. The van der Waals surface area contributed by atoms with E-state index in [2.05, 4.69) is 12.2 Å². The molecule has 0 spiro atoms. The van der Waals surface area contributed by atoms with Gasteiger partial charge < -0.3 is 10.1 Å². The summed E-state index contributed by atoms with van der Waals surface area (Å²) >= 11 is 0. The maximum Gasteiger partial charge on any atom is 0.0542 e. The molecule has 1 aliphatic heterocycles. The Bertz CT molecular complexity index is 159. The summed E-state index contributed by atoms with van der Waals surface area (Å²) in [5, 5.41) is 3.65. The van der Waals surface area contributed by atoms with Crippen molar-refractivity contribution < 1.29 is 4.74 Å². The van der Waals surface area contributed by atoms with Gasteiger partial charge in [0.1, 0.15) is 0 Å². The summed E-state index contributed by atoms with van der Waals surface area (Å²) in [7, 11) is 0. The van der Waals surface area contributed by atoms with Crippen molar-refractivity contribution in [2.45, 2.75) is 45.1 Å². The highest BCUT2D eigenvalue weighted by Crippen LogP contribution is 2.30. The van der Waals surface area contributed by atoms with Crippen molar-refractivity contribution in [1.29, 1.82) is 0 Å². The lowest BCUT2D eigenvalue weighted by Gasteiger charge is -2.38. The van der Waals surface area contributed by atoms with Crippen molar-refractivity contribution in [3.63, 3.8) is 0 Å². The third-order valence-corrected chi connectivity index (χ3v) is 3.42. The molecule has 1 heterocycles. The van der Waals surface area contributed by atoms with E-state index in [0.29, 0.717) is 5.41 Å². The third kappa shape index (κ3) is 2.44. The second-order valence-corrected chi connectivity index (χ2v) is 4.99. The van der Waals surface area contributed by atoms with Crippen LogP contribution < -0.4 is 5.32 Å². The summed E-state index contributed by atoms with van der Waals surface area (Å²) in [5.74, 6) is 0. The maximum absolute atomic E-state index is 5.23. The zero-order chi connectivity index (χ0) is 9.15. The molecule has 1 N–H and O–H groups in total. The second-order valence-electron chi connectivity index (χ2n) is 4.99. The van der Waals surface area contributed by atoms with Crippen molar-refractivity contribution >= 4 is 0 Å². The molecule has 0 aromatic heterocycles. The average Bonchev–Trinajstić information content (AvgIpc) is 2.54. The lowest BCUT2D eigenvalue weighted by Crippen LogP contribution is -2.42. The molecule has 0 atom stereocenters. The van der Waals surface area contributed by atoms with E-state index >= 15 is 0 Å². The highest BCUT2D eigenvalue weighted by atomic mass is 16.5. The van der Waals surface area contributed by atoms with Crippen molar-refractivity contribution in [2.24, 2.45) is 5.41 Å². The molecule has 2 aliphatic rings. The van der Waals surface area contributed by atoms with Crippen LogP contribution >= 0.6 is 0 Å². The van der Waals surface area contributed by atoms with Crippen molar-refractivity contribution in [3.05, 3.63) is 0 Å². The molecule has 0 bridgehead atoms. The summed E-state index contributed by atoms with van der Waals surface area (Å²) in [6.07, 6.45) is 6.93. The molecule has 0 aromatic rings. The van der Waals surface area contributed by atoms with E-state index in [1.807, 2.05) is 0 Å². The molecule has 0 radical (unpaired) electrons. The van der Waals surface area contributed by atoms with Gasteiger partial charge in [0.15, 0.2) is 0 Å². The van der Waals surface area contributed by atoms with Gasteiger partial charge >= 0.3 is 0 Å². The first-order valence-corrected chi connectivity index (χ1v) is 5.60. The first kappa shape index (κ1) is 9.47. The minimum Gasteiger partial charge on any atom is -0.380 e. The van der Waals surface area contributed by atoms with E-state index in [-0.39, 0.29) is 0 Å². The number of nitrogens with one attached hydrogen (secondary N) is 1. The van der Waals surface area contributed by atoms with E-state index in [1.165, 1.54) is 38.6 Å². The van der Waals surface area contributed by atoms with Crippen LogP contribution in [0.5, 0.6) is 0 Å². The quantitative estimate of drug-likeness (QED) is 0.719. The smallest absolute Gasteiger partial charge is 0.0542 e. The minimum absolute atomic E-state index is 0.492. The van der Waals surface area contributed by atoms with E-state index in [4.69, 9.17) is 4.74 Å². The molecular weight excluding hydrogens is 162 g/mol. The van der Waals surface area contributed by atoms with Gasteiger partial charge in [0.05, 0.1) is 13.2 Å². The Morgan fingerprint density at radius 1 is 1.31 bits per heavy atom. The zero-order valence-corrected chi connectivity index (χ0v) is 8.64. The Balaban J connectivity index is 1.57. The summed E-state index contributed by atoms with van der Waals surface area (Å²) in [5.41, 5.74) is 0.492. The van der Waals surface area contributed by atoms with Crippen LogP contribution in [0.3, 0.4) is 0 Å². The summed E-state index contributed by atoms with van der Waals surface area (Å²) in [4.78, 5) is 0. The van der Waals surface area contributed by atoms with Crippen LogP contribution in [-0.4, -0.2) is 25.8 Å². The van der Waals surface area contributed by atoms with Gasteiger partial charge in [0.2, 0.25) is 0 Å². The first-order valence-electron chi connectivity index (χ1n) is 5.60. The molecule has 1 saturated heterocycles. The highest BCUT2D eigenvalue weighted by Gasteiger charge is 2.32. The first-order chi connectivity index (χ1) is 6.29. The fraction of sp³-hybridized carbons (Fsp3) is 1.00. The largest absolute Gasteiger partial charge is 0.380 e. The number of hydrogen-bond acceptors (Lipinski definition) is 2. The van der Waals surface area contributed by atoms with Crippen LogP contribution in [0, 0.1) is 5.41 Å². The fourth-order valence-corrected chi connectivity index (χ4v) is 2.30. The molecule has 2 rings (SSSR count). The van der Waals surface area contributed by atoms with Gasteiger partial charge in [-0.2, -0.15) is 0 Å². The molecule has 1 saturated carbocycles. The molecule has 2 heteroatoms. The molecule has 13 heavy (non-hydrogen) atoms. The lowest BCUT2D eigenvalue weighted by atomic mass is 9.85. The van der Waals surface area contributed by atoms with Crippen molar-refractivity contribution in [2.75, 3.05) is 19.8 Å². The number of ether oxygens (including phenoxy) is 1. The Morgan fingerprint density at radius 2 is 2.00 bits per heavy atom. The molecular formula is C11H21NO. The van der Waals surface area contributed by atoms with E-state index in [0.717, 1.165) is 19.3 Å². The van der Waals surface area contributed by atoms with Gasteiger partial charge in [0, 0.05) is 11.5 Å². The van der Waals surface area contributed by atoms with Gasteiger partial charge in [-0.1, -0.05) is 19.8 Å². The maximum atomic E-state index is 5.23. The predicted octanol–water partition coefficient (Wildman–Crippen LogP) is 1.95. The van der Waals surface area contributed by atoms with Gasteiger partial charge in [0.25, 0.3) is 0 Å². The summed E-state index contributed by atoms with van der Waals surface area (Å²) < 4.78 is 5.23. The Hall–Kier alpha value is -0.0800. The molecule has 0 amide bonds. The van der Waals surface area contributed by atoms with Crippen LogP contribution in [0.15, 0.2) is 0 Å². The van der Waals surface area contributed by atoms with Gasteiger partial charge in [-0.3, -0.25) is 0 Å². The second kappa shape index (κ2) is 3.97. The monoisotopic (exact) mass is 183 g/mol. The highest BCUT2D eigenvalue weighted by molar-refractivity contribution is 4.82. The van der Waals surface area contributed by atoms with Crippen LogP contribution in [0.25, 0.3) is 0 Å². The zero-order valence-electron chi connectivity index (χ0n) is 8.64. The van der Waals surface area contributed by atoms with Gasteiger partial charge in [-0.05, 0) is 25.8 Å². The number of rotatable bonds is 4. The summed E-state index contributed by atoms with van der Waals surface area (Å²) in [6.45, 7) is 5.45.